The fourth-order valence-corrected chi connectivity index (χ4v) is 4.96. The second-order valence-electron chi connectivity index (χ2n) is 8.70. The summed E-state index contributed by atoms with van der Waals surface area (Å²) < 4.78 is 0. The molecule has 154 valence electrons. The molecule has 1 aliphatic heterocycles. The van der Waals surface area contributed by atoms with Crippen LogP contribution >= 0.6 is 0 Å². The third-order valence-electron chi connectivity index (χ3n) is 6.65. The van der Waals surface area contributed by atoms with Crippen molar-refractivity contribution < 1.29 is 0 Å². The summed E-state index contributed by atoms with van der Waals surface area (Å²) >= 11 is 0. The second kappa shape index (κ2) is 7.69. The Bertz CT molecular complexity index is 1330. The summed E-state index contributed by atoms with van der Waals surface area (Å²) in [5.41, 5.74) is 11.7. The van der Waals surface area contributed by atoms with Crippen LogP contribution in [0.15, 0.2) is 121 Å². The molecule has 0 radical (unpaired) electrons. The Kier molecular flexibility index (Phi) is 4.54. The van der Waals surface area contributed by atoms with Crippen LogP contribution in [0.5, 0.6) is 0 Å². The van der Waals surface area contributed by atoms with Gasteiger partial charge in [-0.3, -0.25) is 0 Å². The highest BCUT2D eigenvalue weighted by atomic mass is 15.2. The zero-order valence-electron chi connectivity index (χ0n) is 18.2. The van der Waals surface area contributed by atoms with Crippen LogP contribution in [0.25, 0.3) is 22.3 Å². The molecule has 2 aliphatic rings. The maximum Gasteiger partial charge on any atom is 0.0497 e. The average molecular weight is 412 g/mol. The number of allylic oxidation sites excluding steroid dienone is 4. The molecule has 0 fully saturated rings. The zero-order valence-corrected chi connectivity index (χ0v) is 18.2. The van der Waals surface area contributed by atoms with Crippen LogP contribution in [0.3, 0.4) is 0 Å². The van der Waals surface area contributed by atoms with Gasteiger partial charge in [-0.1, -0.05) is 90.5 Å². The first-order valence-corrected chi connectivity index (χ1v) is 11.3. The molecule has 1 unspecified atom stereocenters. The van der Waals surface area contributed by atoms with Crippen molar-refractivity contribution in [2.24, 2.45) is 0 Å². The number of rotatable bonds is 3. The standard InChI is InChI=1S/C31H25N/c1-22-11-13-23(14-12-22)24-15-17-25(18-16-24)26-19-20-31-29(21-26)28-9-5-6-10-30(28)32(31)27-7-3-2-4-8-27/h2-8,10-21,28H,9H2,1H3. The van der Waals surface area contributed by atoms with E-state index < -0.39 is 0 Å². The third-order valence-corrected chi connectivity index (χ3v) is 6.65. The summed E-state index contributed by atoms with van der Waals surface area (Å²) in [5.74, 6) is 0.419. The summed E-state index contributed by atoms with van der Waals surface area (Å²) in [4.78, 5) is 2.42. The average Bonchev–Trinajstić information content (AvgIpc) is 3.19. The van der Waals surface area contributed by atoms with E-state index in [9.17, 15) is 0 Å². The predicted molar refractivity (Wildman–Crippen MR) is 135 cm³/mol. The van der Waals surface area contributed by atoms with E-state index in [2.05, 4.69) is 127 Å². The predicted octanol–water partition coefficient (Wildman–Crippen LogP) is 8.41. The fourth-order valence-electron chi connectivity index (χ4n) is 4.96. The molecule has 1 heteroatoms. The molecular formula is C31H25N. The second-order valence-corrected chi connectivity index (χ2v) is 8.70. The molecule has 1 heterocycles. The summed E-state index contributed by atoms with van der Waals surface area (Å²) in [6.45, 7) is 2.13. The molecule has 32 heavy (non-hydrogen) atoms. The van der Waals surface area contributed by atoms with Crippen molar-refractivity contribution in [3.63, 3.8) is 0 Å². The van der Waals surface area contributed by atoms with E-state index in [1.807, 2.05) is 0 Å². The first-order valence-electron chi connectivity index (χ1n) is 11.3. The van der Waals surface area contributed by atoms with Gasteiger partial charge >= 0.3 is 0 Å². The summed E-state index contributed by atoms with van der Waals surface area (Å²) in [6.07, 6.45) is 7.81. The topological polar surface area (TPSA) is 3.24 Å². The SMILES string of the molecule is Cc1ccc(-c2ccc(-c3ccc4c(c3)C3CC=CC=C3N4c3ccccc3)cc2)cc1. The number of aryl methyl sites for hydroxylation is 1. The lowest BCUT2D eigenvalue weighted by Crippen LogP contribution is -2.14. The molecule has 0 saturated carbocycles. The van der Waals surface area contributed by atoms with Gasteiger partial charge < -0.3 is 4.90 Å². The Morgan fingerprint density at radius 1 is 0.688 bits per heavy atom. The van der Waals surface area contributed by atoms with Gasteiger partial charge in [-0.2, -0.15) is 0 Å². The molecule has 0 amide bonds. The molecule has 1 atom stereocenters. The highest BCUT2D eigenvalue weighted by Crippen LogP contribution is 2.51. The minimum absolute atomic E-state index is 0.419. The van der Waals surface area contributed by atoms with Crippen molar-refractivity contribution in [2.45, 2.75) is 19.3 Å². The molecule has 1 aliphatic carbocycles. The quantitative estimate of drug-likeness (QED) is 0.327. The first kappa shape index (κ1) is 18.9. The first-order chi connectivity index (χ1) is 15.8. The smallest absolute Gasteiger partial charge is 0.0497 e. The monoisotopic (exact) mass is 411 g/mol. The van der Waals surface area contributed by atoms with E-state index in [1.165, 1.54) is 50.5 Å². The van der Waals surface area contributed by atoms with Gasteiger partial charge in [0.05, 0.1) is 0 Å². The highest BCUT2D eigenvalue weighted by Gasteiger charge is 2.34. The molecule has 0 aromatic heterocycles. The van der Waals surface area contributed by atoms with Crippen molar-refractivity contribution in [2.75, 3.05) is 4.90 Å². The number of anilines is 2. The van der Waals surface area contributed by atoms with Crippen LogP contribution in [-0.4, -0.2) is 0 Å². The molecule has 4 aromatic rings. The van der Waals surface area contributed by atoms with Gasteiger partial charge in [0, 0.05) is 23.0 Å². The van der Waals surface area contributed by atoms with Crippen LogP contribution < -0.4 is 4.90 Å². The highest BCUT2D eigenvalue weighted by molar-refractivity contribution is 5.82. The van der Waals surface area contributed by atoms with E-state index in [0.29, 0.717) is 5.92 Å². The molecule has 1 nitrogen and oxygen atoms in total. The van der Waals surface area contributed by atoms with Crippen molar-refractivity contribution in [3.05, 3.63) is 132 Å². The van der Waals surface area contributed by atoms with Crippen LogP contribution in [0.4, 0.5) is 11.4 Å². The number of hydrogen-bond acceptors (Lipinski definition) is 1. The van der Waals surface area contributed by atoms with Crippen LogP contribution in [0.2, 0.25) is 0 Å². The Labute approximate surface area is 190 Å². The molecule has 4 aromatic carbocycles. The lowest BCUT2D eigenvalue weighted by atomic mass is 9.90. The Balaban J connectivity index is 1.38. The number of para-hydroxylation sites is 1. The van der Waals surface area contributed by atoms with E-state index >= 15 is 0 Å². The molecule has 0 N–H and O–H groups in total. The number of nitrogens with zero attached hydrogens (tertiary/aromatic N) is 1. The normalized spacial score (nSPS) is 16.5. The van der Waals surface area contributed by atoms with Gasteiger partial charge in [-0.15, -0.1) is 0 Å². The van der Waals surface area contributed by atoms with E-state index in [4.69, 9.17) is 0 Å². The fraction of sp³-hybridized carbons (Fsp3) is 0.0968. The molecule has 0 spiro atoms. The van der Waals surface area contributed by atoms with Crippen molar-refractivity contribution in [1.82, 2.24) is 0 Å². The van der Waals surface area contributed by atoms with Gasteiger partial charge in [0.15, 0.2) is 0 Å². The molecule has 0 saturated heterocycles. The van der Waals surface area contributed by atoms with E-state index in [-0.39, 0.29) is 0 Å². The van der Waals surface area contributed by atoms with Crippen molar-refractivity contribution in [3.8, 4) is 22.3 Å². The van der Waals surface area contributed by atoms with Gasteiger partial charge in [0.25, 0.3) is 0 Å². The van der Waals surface area contributed by atoms with Gasteiger partial charge in [-0.05, 0) is 71.5 Å². The number of hydrogen-bond donors (Lipinski definition) is 0. The van der Waals surface area contributed by atoms with Gasteiger partial charge in [0.2, 0.25) is 0 Å². The lowest BCUT2D eigenvalue weighted by molar-refractivity contribution is 0.820. The zero-order chi connectivity index (χ0) is 21.5. The Morgan fingerprint density at radius 2 is 1.31 bits per heavy atom. The number of fused-ring (bicyclic) bond motifs is 3. The van der Waals surface area contributed by atoms with E-state index in [0.717, 1.165) is 6.42 Å². The van der Waals surface area contributed by atoms with Crippen molar-refractivity contribution >= 4 is 11.4 Å². The minimum Gasteiger partial charge on any atom is -0.313 e. The third kappa shape index (κ3) is 3.18. The Morgan fingerprint density at radius 3 is 2.03 bits per heavy atom. The molecule has 0 bridgehead atoms. The maximum atomic E-state index is 2.42. The lowest BCUT2D eigenvalue weighted by Gasteiger charge is -2.24. The summed E-state index contributed by atoms with van der Waals surface area (Å²) in [6, 6.07) is 35.4. The van der Waals surface area contributed by atoms with E-state index in [1.54, 1.807) is 0 Å². The van der Waals surface area contributed by atoms with Gasteiger partial charge in [-0.25, -0.2) is 0 Å². The summed E-state index contributed by atoms with van der Waals surface area (Å²) in [5, 5.41) is 0. The number of benzene rings is 4. The minimum atomic E-state index is 0.419. The van der Waals surface area contributed by atoms with Crippen LogP contribution in [0.1, 0.15) is 23.5 Å². The Hall–Kier alpha value is -3.84. The molecular weight excluding hydrogens is 386 g/mol. The van der Waals surface area contributed by atoms with Gasteiger partial charge in [0.1, 0.15) is 0 Å². The maximum absolute atomic E-state index is 2.42. The van der Waals surface area contributed by atoms with Crippen molar-refractivity contribution in [1.29, 1.82) is 0 Å². The summed E-state index contributed by atoms with van der Waals surface area (Å²) in [7, 11) is 0. The largest absolute Gasteiger partial charge is 0.313 e. The van der Waals surface area contributed by atoms with Crippen LogP contribution in [-0.2, 0) is 0 Å². The van der Waals surface area contributed by atoms with Crippen LogP contribution in [0, 0.1) is 6.92 Å². The molecule has 6 rings (SSSR count).